The Bertz CT molecular complexity index is 1750. The quantitative estimate of drug-likeness (QED) is 0.109. The zero-order chi connectivity index (χ0) is 22.7. The van der Waals surface area contributed by atoms with Crippen LogP contribution in [0.2, 0.25) is 17.3 Å². The van der Waals surface area contributed by atoms with Gasteiger partial charge in [-0.2, -0.15) is 0 Å². The van der Waals surface area contributed by atoms with E-state index in [1.54, 1.807) is 4.40 Å². The van der Waals surface area contributed by atoms with Crippen molar-refractivity contribution >= 4 is 66.7 Å². The third kappa shape index (κ3) is 2.45. The summed E-state index contributed by atoms with van der Waals surface area (Å²) < 4.78 is 6.51. The first-order chi connectivity index (χ1) is 15.1. The summed E-state index contributed by atoms with van der Waals surface area (Å²) in [5, 5.41) is 6.94. The fourth-order valence-electron chi connectivity index (χ4n) is 5.84. The van der Waals surface area contributed by atoms with Crippen molar-refractivity contribution < 1.29 is 4.57 Å². The van der Waals surface area contributed by atoms with Crippen molar-refractivity contribution in [3.05, 3.63) is 64.8 Å². The molecule has 0 aliphatic carbocycles. The van der Waals surface area contributed by atoms with E-state index in [0.717, 1.165) is 0 Å². The molecule has 3 heteroatoms. The van der Waals surface area contributed by atoms with Crippen LogP contribution in [-0.2, 0) is 7.05 Å². The molecule has 2 nitrogen and oxygen atoms in total. The monoisotopic (exact) mass is 481 g/mol. The van der Waals surface area contributed by atoms with Gasteiger partial charge in [-0.1, -0.05) is 0 Å². The predicted octanol–water partition coefficient (Wildman–Crippen LogP) is 6.59. The Labute approximate surface area is 192 Å². The Balaban J connectivity index is 2.10. The van der Waals surface area contributed by atoms with E-state index >= 15 is 0 Å². The van der Waals surface area contributed by atoms with Gasteiger partial charge in [0, 0.05) is 0 Å². The average molecular weight is 480 g/mol. The van der Waals surface area contributed by atoms with Crippen LogP contribution in [0.3, 0.4) is 0 Å². The van der Waals surface area contributed by atoms with Gasteiger partial charge >= 0.3 is 192 Å². The Morgan fingerprint density at radius 2 is 1.50 bits per heavy atom. The molecule has 0 unspecified atom stereocenters. The summed E-state index contributed by atoms with van der Waals surface area (Å²) in [6.07, 6.45) is 2.25. The molecule has 0 amide bonds. The van der Waals surface area contributed by atoms with Gasteiger partial charge in [0.2, 0.25) is 0 Å². The summed E-state index contributed by atoms with van der Waals surface area (Å²) in [6, 6.07) is 14.5. The number of aryl methyl sites for hydroxylation is 5. The number of rotatable bonds is 1. The Kier molecular flexibility index (Phi) is 3.92. The first-order valence-electron chi connectivity index (χ1n) is 11.6. The van der Waals surface area contributed by atoms with E-state index in [-0.39, 0.29) is 0 Å². The van der Waals surface area contributed by atoms with Gasteiger partial charge in [0.25, 0.3) is 0 Å². The number of aromatic nitrogens is 2. The molecule has 0 radical (unpaired) electrons. The van der Waals surface area contributed by atoms with Crippen molar-refractivity contribution in [2.75, 3.05) is 0 Å². The van der Waals surface area contributed by atoms with Crippen LogP contribution >= 0.6 is 0 Å². The maximum atomic E-state index is 2.61. The van der Waals surface area contributed by atoms with E-state index in [1.165, 1.54) is 71.3 Å². The van der Waals surface area contributed by atoms with Crippen LogP contribution < -0.4 is 8.96 Å². The summed E-state index contributed by atoms with van der Waals surface area (Å²) in [5.41, 5.74) is 10.9. The molecular formula is C29H31GeN2+. The van der Waals surface area contributed by atoms with Gasteiger partial charge in [-0.25, -0.2) is 0 Å². The number of benzene rings is 3. The van der Waals surface area contributed by atoms with Crippen LogP contribution in [0.4, 0.5) is 0 Å². The molecule has 0 spiro atoms. The molecule has 6 rings (SSSR count). The van der Waals surface area contributed by atoms with Gasteiger partial charge in [-0.05, 0) is 0 Å². The molecular weight excluding hydrogens is 449 g/mol. The summed E-state index contributed by atoms with van der Waals surface area (Å²) in [4.78, 5) is 0. The second-order valence-corrected chi connectivity index (χ2v) is 21.5. The zero-order valence-corrected chi connectivity index (χ0v) is 22.5. The molecule has 0 aliphatic rings. The van der Waals surface area contributed by atoms with Crippen LogP contribution in [0.5, 0.6) is 0 Å². The minimum absolute atomic E-state index is 1.33. The van der Waals surface area contributed by atoms with Gasteiger partial charge in [-0.3, -0.25) is 0 Å². The van der Waals surface area contributed by atoms with Crippen molar-refractivity contribution in [1.82, 2.24) is 4.40 Å². The van der Waals surface area contributed by atoms with Crippen molar-refractivity contribution in [2.24, 2.45) is 7.05 Å². The Morgan fingerprint density at radius 1 is 0.781 bits per heavy atom. The molecule has 0 saturated heterocycles. The Hall–Kier alpha value is -2.59. The molecule has 0 fully saturated rings. The fraction of sp³-hybridized carbons (Fsp3) is 0.276. The summed E-state index contributed by atoms with van der Waals surface area (Å²) in [5.74, 6) is 7.50. The SMILES string of the molecule is Cc1cc(C)c2c(c1)c1cc(C)c(C)c3c1n2c1c[c]([Ge]([CH3])([CH3])[CH3])cc2cc[n+](C)c3c21. The molecule has 0 N–H and O–H groups in total. The Morgan fingerprint density at radius 3 is 2.22 bits per heavy atom. The third-order valence-corrected chi connectivity index (χ3v) is 11.8. The average Bonchev–Trinajstić information content (AvgIpc) is 3.03. The van der Waals surface area contributed by atoms with Gasteiger partial charge < -0.3 is 0 Å². The molecule has 32 heavy (non-hydrogen) atoms. The van der Waals surface area contributed by atoms with E-state index in [9.17, 15) is 0 Å². The summed E-state index contributed by atoms with van der Waals surface area (Å²) in [6.45, 7) is 9.06. The molecule has 0 bridgehead atoms. The van der Waals surface area contributed by atoms with Crippen molar-refractivity contribution in [1.29, 1.82) is 0 Å². The number of hydrogen-bond donors (Lipinski definition) is 0. The fourth-order valence-corrected chi connectivity index (χ4v) is 8.27. The van der Waals surface area contributed by atoms with Crippen molar-refractivity contribution in [3.8, 4) is 0 Å². The van der Waals surface area contributed by atoms with E-state index in [2.05, 4.69) is 104 Å². The van der Waals surface area contributed by atoms with E-state index in [0.29, 0.717) is 0 Å². The first kappa shape index (κ1) is 20.1. The van der Waals surface area contributed by atoms with Gasteiger partial charge in [0.1, 0.15) is 0 Å². The molecule has 6 aromatic rings. The molecule has 160 valence electrons. The van der Waals surface area contributed by atoms with Crippen LogP contribution in [-0.4, -0.2) is 17.7 Å². The van der Waals surface area contributed by atoms with Crippen LogP contribution in [0.15, 0.2) is 42.6 Å². The standard InChI is InChI=1S/C29H31GeN2/c1-16-11-18(3)27-22(12-16)23-13-17(2)19(4)25-28(23)32(27)24-15-21(30(5,6)7)14-20-9-10-31(8)29(25)26(20)24/h9-15H,1-8H3/q+1. The molecule has 0 atom stereocenters. The van der Waals surface area contributed by atoms with Gasteiger partial charge in [0.05, 0.1) is 0 Å². The van der Waals surface area contributed by atoms with Crippen LogP contribution in [0, 0.1) is 27.7 Å². The normalized spacial score (nSPS) is 13.0. The minimum atomic E-state index is -2.04. The van der Waals surface area contributed by atoms with Crippen molar-refractivity contribution in [2.45, 2.75) is 45.0 Å². The molecule has 3 aromatic carbocycles. The molecule has 0 aliphatic heterocycles. The van der Waals surface area contributed by atoms with E-state index in [1.807, 2.05) is 0 Å². The molecule has 3 heterocycles. The van der Waals surface area contributed by atoms with E-state index in [4.69, 9.17) is 0 Å². The summed E-state index contributed by atoms with van der Waals surface area (Å²) >= 11 is -2.04. The molecule has 0 saturated carbocycles. The van der Waals surface area contributed by atoms with Gasteiger partial charge in [-0.15, -0.1) is 0 Å². The number of hydrogen-bond acceptors (Lipinski definition) is 0. The zero-order valence-electron chi connectivity index (χ0n) is 20.4. The second kappa shape index (κ2) is 6.26. The maximum absolute atomic E-state index is 2.61. The first-order valence-corrected chi connectivity index (χ1v) is 19.0. The number of fused-ring (bicyclic) bond motifs is 5. The van der Waals surface area contributed by atoms with Crippen LogP contribution in [0.1, 0.15) is 22.3 Å². The molecule has 3 aromatic heterocycles. The van der Waals surface area contributed by atoms with Crippen molar-refractivity contribution in [3.63, 3.8) is 0 Å². The number of nitrogens with zero attached hydrogens (tertiary/aromatic N) is 2. The van der Waals surface area contributed by atoms with Crippen LogP contribution in [0.25, 0.3) is 49.0 Å². The van der Waals surface area contributed by atoms with E-state index < -0.39 is 13.3 Å². The second-order valence-electron chi connectivity index (χ2n) is 10.9. The number of pyridine rings is 2. The topological polar surface area (TPSA) is 8.29 Å². The third-order valence-electron chi connectivity index (χ3n) is 7.56. The predicted molar refractivity (Wildman–Crippen MR) is 142 cm³/mol. The summed E-state index contributed by atoms with van der Waals surface area (Å²) in [7, 11) is 2.20. The van der Waals surface area contributed by atoms with Gasteiger partial charge in [0.15, 0.2) is 0 Å².